The second kappa shape index (κ2) is 7.71. The number of nitrogens with one attached hydrogen (secondary N) is 1. The van der Waals surface area contributed by atoms with Gasteiger partial charge >= 0.3 is 5.97 Å². The molecule has 1 fully saturated rings. The first kappa shape index (κ1) is 18.3. The van der Waals surface area contributed by atoms with Crippen molar-refractivity contribution in [3.05, 3.63) is 48.1 Å². The molecule has 0 spiro atoms. The molecule has 1 aliphatic rings. The summed E-state index contributed by atoms with van der Waals surface area (Å²) in [6, 6.07) is 6.34. The van der Waals surface area contributed by atoms with Gasteiger partial charge in [0, 0.05) is 6.54 Å². The van der Waals surface area contributed by atoms with Gasteiger partial charge < -0.3 is 9.84 Å². The summed E-state index contributed by atoms with van der Waals surface area (Å²) >= 11 is 4.98. The maximum atomic E-state index is 12.4. The van der Waals surface area contributed by atoms with Crippen LogP contribution in [-0.2, 0) is 14.4 Å². The van der Waals surface area contributed by atoms with Gasteiger partial charge in [-0.25, -0.2) is 4.79 Å². The molecule has 0 bridgehead atoms. The Labute approximate surface area is 149 Å². The highest BCUT2D eigenvalue weighted by atomic mass is 32.1. The van der Waals surface area contributed by atoms with Gasteiger partial charge in [0.05, 0.1) is 0 Å². The molecule has 1 aromatic rings. The lowest BCUT2D eigenvalue weighted by molar-refractivity contribution is -0.144. The molecule has 0 aromatic heterocycles. The number of carboxylic acid groups (broad SMARTS) is 1. The Morgan fingerprint density at radius 2 is 2.04 bits per heavy atom. The van der Waals surface area contributed by atoms with Crippen molar-refractivity contribution in [3.63, 3.8) is 0 Å². The molecule has 0 saturated carbocycles. The summed E-state index contributed by atoms with van der Waals surface area (Å²) in [5.74, 6) is -1.79. The highest BCUT2D eigenvalue weighted by molar-refractivity contribution is 7.80. The van der Waals surface area contributed by atoms with Crippen LogP contribution >= 0.6 is 12.2 Å². The quantitative estimate of drug-likeness (QED) is 0.344. The predicted molar refractivity (Wildman–Crippen MR) is 94.8 cm³/mol. The topological polar surface area (TPSA) is 95.9 Å². The van der Waals surface area contributed by atoms with Gasteiger partial charge in [-0.1, -0.05) is 18.2 Å². The lowest BCUT2D eigenvalue weighted by Gasteiger charge is -2.27. The molecule has 2 N–H and O–H groups in total. The van der Waals surface area contributed by atoms with Crippen LogP contribution in [0.5, 0.6) is 5.75 Å². The van der Waals surface area contributed by atoms with Crippen molar-refractivity contribution in [2.75, 3.05) is 6.54 Å². The standard InChI is InChI=1S/C17H16N2O5S/c1-3-8-19-15(21)13(14(20)18-17(19)25)9-11-4-6-12(7-5-11)24-10(2)16(22)23/h3-7,9-10H,1,8H2,2H3,(H,22,23)(H,18,20,25)/b13-9+/t10-/m1/s1. The van der Waals surface area contributed by atoms with E-state index in [1.54, 1.807) is 24.3 Å². The monoisotopic (exact) mass is 360 g/mol. The largest absolute Gasteiger partial charge is 0.479 e. The van der Waals surface area contributed by atoms with Gasteiger partial charge in [-0.3, -0.25) is 19.8 Å². The Kier molecular flexibility index (Phi) is 5.66. The summed E-state index contributed by atoms with van der Waals surface area (Å²) < 4.78 is 5.22. The zero-order valence-corrected chi connectivity index (χ0v) is 14.2. The van der Waals surface area contributed by atoms with Crippen molar-refractivity contribution in [2.45, 2.75) is 13.0 Å². The van der Waals surface area contributed by atoms with Crippen molar-refractivity contribution < 1.29 is 24.2 Å². The lowest BCUT2D eigenvalue weighted by atomic mass is 10.1. The summed E-state index contributed by atoms with van der Waals surface area (Å²) in [7, 11) is 0. The van der Waals surface area contributed by atoms with Crippen LogP contribution in [0.2, 0.25) is 0 Å². The zero-order valence-electron chi connectivity index (χ0n) is 13.4. The zero-order chi connectivity index (χ0) is 18.6. The van der Waals surface area contributed by atoms with E-state index in [2.05, 4.69) is 11.9 Å². The van der Waals surface area contributed by atoms with E-state index in [-0.39, 0.29) is 17.2 Å². The fourth-order valence-electron chi connectivity index (χ4n) is 2.05. The van der Waals surface area contributed by atoms with Crippen LogP contribution in [-0.4, -0.2) is 45.6 Å². The fraction of sp³-hybridized carbons (Fsp3) is 0.176. The number of amides is 2. The minimum Gasteiger partial charge on any atom is -0.479 e. The van der Waals surface area contributed by atoms with E-state index in [0.717, 1.165) is 0 Å². The number of hydrogen-bond acceptors (Lipinski definition) is 5. The number of carbonyl (C=O) groups is 3. The van der Waals surface area contributed by atoms with Crippen molar-refractivity contribution in [1.82, 2.24) is 10.2 Å². The Hall–Kier alpha value is -3.00. The first-order chi connectivity index (χ1) is 11.8. The van der Waals surface area contributed by atoms with Crippen LogP contribution in [0.1, 0.15) is 12.5 Å². The third kappa shape index (κ3) is 4.30. The van der Waals surface area contributed by atoms with E-state index in [1.807, 2.05) is 0 Å². The molecular weight excluding hydrogens is 344 g/mol. The van der Waals surface area contributed by atoms with Crippen molar-refractivity contribution in [1.29, 1.82) is 0 Å². The van der Waals surface area contributed by atoms with Crippen molar-refractivity contribution in [3.8, 4) is 5.75 Å². The third-order valence-corrected chi connectivity index (χ3v) is 3.67. The van der Waals surface area contributed by atoms with Crippen LogP contribution in [0.25, 0.3) is 6.08 Å². The number of ether oxygens (including phenoxy) is 1. The molecule has 0 aliphatic carbocycles. The van der Waals surface area contributed by atoms with Gasteiger partial charge in [0.25, 0.3) is 11.8 Å². The number of aliphatic carboxylic acids is 1. The Morgan fingerprint density at radius 3 is 2.60 bits per heavy atom. The highest BCUT2D eigenvalue weighted by Gasteiger charge is 2.32. The highest BCUT2D eigenvalue weighted by Crippen LogP contribution is 2.18. The number of carboxylic acids is 1. The molecule has 1 atom stereocenters. The van der Waals surface area contributed by atoms with E-state index < -0.39 is 23.9 Å². The summed E-state index contributed by atoms with van der Waals surface area (Å²) in [6.45, 7) is 5.16. The average molecular weight is 360 g/mol. The second-order valence-electron chi connectivity index (χ2n) is 5.19. The molecular formula is C17H16N2O5S. The average Bonchev–Trinajstić information content (AvgIpc) is 2.56. The number of carbonyl (C=O) groups excluding carboxylic acids is 2. The van der Waals surface area contributed by atoms with Gasteiger partial charge in [-0.2, -0.15) is 0 Å². The molecule has 130 valence electrons. The lowest BCUT2D eigenvalue weighted by Crippen LogP contribution is -2.53. The molecule has 8 heteroatoms. The van der Waals surface area contributed by atoms with Crippen LogP contribution in [0.4, 0.5) is 0 Å². The normalized spacial score (nSPS) is 17.2. The van der Waals surface area contributed by atoms with E-state index in [0.29, 0.717) is 11.3 Å². The Bertz CT molecular complexity index is 770. The SMILES string of the molecule is C=CCN1C(=O)/C(=C/c2ccc(O[C@H](C)C(=O)O)cc2)C(=O)NC1=S. The molecule has 2 amide bonds. The van der Waals surface area contributed by atoms with Gasteiger partial charge in [-0.15, -0.1) is 6.58 Å². The number of thiocarbonyl (C=S) groups is 1. The van der Waals surface area contributed by atoms with E-state index >= 15 is 0 Å². The maximum absolute atomic E-state index is 12.4. The summed E-state index contributed by atoms with van der Waals surface area (Å²) in [6.07, 6.45) is 1.96. The van der Waals surface area contributed by atoms with Crippen LogP contribution in [0.3, 0.4) is 0 Å². The summed E-state index contributed by atoms with van der Waals surface area (Å²) in [5.41, 5.74) is 0.531. The number of nitrogens with zero attached hydrogens (tertiary/aromatic N) is 1. The maximum Gasteiger partial charge on any atom is 0.344 e. The first-order valence-electron chi connectivity index (χ1n) is 7.32. The minimum atomic E-state index is -1.08. The Balaban J connectivity index is 2.22. The number of benzene rings is 1. The predicted octanol–water partition coefficient (Wildman–Crippen LogP) is 1.35. The minimum absolute atomic E-state index is 0.0402. The first-order valence-corrected chi connectivity index (χ1v) is 7.73. The summed E-state index contributed by atoms with van der Waals surface area (Å²) in [5, 5.41) is 11.3. The van der Waals surface area contributed by atoms with Gasteiger partial charge in [0.15, 0.2) is 11.2 Å². The summed E-state index contributed by atoms with van der Waals surface area (Å²) in [4.78, 5) is 36.4. The smallest absolute Gasteiger partial charge is 0.344 e. The van der Waals surface area contributed by atoms with E-state index in [9.17, 15) is 14.4 Å². The van der Waals surface area contributed by atoms with E-state index in [1.165, 1.54) is 24.0 Å². The molecule has 0 radical (unpaired) electrons. The van der Waals surface area contributed by atoms with Crippen LogP contribution in [0.15, 0.2) is 42.5 Å². The molecule has 1 saturated heterocycles. The van der Waals surface area contributed by atoms with Crippen LogP contribution in [0, 0.1) is 0 Å². The molecule has 0 unspecified atom stereocenters. The van der Waals surface area contributed by atoms with Gasteiger partial charge in [-0.05, 0) is 42.9 Å². The molecule has 1 aliphatic heterocycles. The van der Waals surface area contributed by atoms with Gasteiger partial charge in [0.2, 0.25) is 0 Å². The molecule has 25 heavy (non-hydrogen) atoms. The third-order valence-electron chi connectivity index (χ3n) is 3.35. The van der Waals surface area contributed by atoms with Crippen LogP contribution < -0.4 is 10.1 Å². The molecule has 1 aromatic carbocycles. The van der Waals surface area contributed by atoms with Gasteiger partial charge in [0.1, 0.15) is 11.3 Å². The molecule has 1 heterocycles. The fourth-order valence-corrected chi connectivity index (χ4v) is 2.30. The number of hydrogen-bond donors (Lipinski definition) is 2. The van der Waals surface area contributed by atoms with Crippen molar-refractivity contribution in [2.24, 2.45) is 0 Å². The molecule has 2 rings (SSSR count). The van der Waals surface area contributed by atoms with E-state index in [4.69, 9.17) is 22.1 Å². The second-order valence-corrected chi connectivity index (χ2v) is 5.58. The number of rotatable bonds is 6. The Morgan fingerprint density at radius 1 is 1.40 bits per heavy atom. The van der Waals surface area contributed by atoms with Crippen molar-refractivity contribution >= 4 is 41.2 Å². The molecule has 7 nitrogen and oxygen atoms in total.